The molecule has 142 valence electrons. The number of non-ortho nitro benzene ring substituents is 1. The maximum atomic E-state index is 12.5. The highest BCUT2D eigenvalue weighted by Crippen LogP contribution is 2.19. The number of nitro groups is 1. The fraction of sp³-hybridized carbons (Fsp3) is 0.350. The van der Waals surface area contributed by atoms with Crippen LogP contribution in [0.2, 0.25) is 0 Å². The molecule has 0 radical (unpaired) electrons. The minimum atomic E-state index is -0.481. The molecule has 0 unspecified atom stereocenters. The van der Waals surface area contributed by atoms with Crippen LogP contribution in [-0.2, 0) is 11.3 Å². The molecule has 0 atom stereocenters. The largest absolute Gasteiger partial charge is 0.484 e. The van der Waals surface area contributed by atoms with Crippen LogP contribution in [0.3, 0.4) is 0 Å². The van der Waals surface area contributed by atoms with E-state index in [4.69, 9.17) is 4.74 Å². The molecule has 7 nitrogen and oxygen atoms in total. The highest BCUT2D eigenvalue weighted by molar-refractivity contribution is 5.77. The summed E-state index contributed by atoms with van der Waals surface area (Å²) in [5.41, 5.74) is 1.22. The van der Waals surface area contributed by atoms with Gasteiger partial charge in [-0.25, -0.2) is 0 Å². The number of carbonyl (C=O) groups excluding carboxylic acids is 1. The average Bonchev–Trinajstić information content (AvgIpc) is 2.93. The van der Waals surface area contributed by atoms with Crippen LogP contribution in [0.1, 0.15) is 12.0 Å². The van der Waals surface area contributed by atoms with Crippen molar-refractivity contribution in [3.05, 3.63) is 70.3 Å². The van der Waals surface area contributed by atoms with E-state index in [1.165, 1.54) is 17.7 Å². The summed E-state index contributed by atoms with van der Waals surface area (Å²) in [5.74, 6) is 0.237. The summed E-state index contributed by atoms with van der Waals surface area (Å²) in [6, 6.07) is 16.2. The summed E-state index contributed by atoms with van der Waals surface area (Å²) in [5, 5.41) is 10.8. The zero-order valence-electron chi connectivity index (χ0n) is 15.1. The second-order valence-corrected chi connectivity index (χ2v) is 6.54. The number of benzene rings is 2. The molecule has 0 N–H and O–H groups in total. The lowest BCUT2D eigenvalue weighted by atomic mass is 10.2. The van der Waals surface area contributed by atoms with Crippen LogP contribution < -0.4 is 4.74 Å². The second kappa shape index (κ2) is 9.14. The predicted octanol–water partition coefficient (Wildman–Crippen LogP) is 2.71. The summed E-state index contributed by atoms with van der Waals surface area (Å²) >= 11 is 0. The van der Waals surface area contributed by atoms with E-state index >= 15 is 0 Å². The fourth-order valence-electron chi connectivity index (χ4n) is 3.14. The van der Waals surface area contributed by atoms with E-state index in [2.05, 4.69) is 17.0 Å². The molecule has 1 fully saturated rings. The van der Waals surface area contributed by atoms with E-state index in [-0.39, 0.29) is 18.2 Å². The van der Waals surface area contributed by atoms with Crippen LogP contribution in [0.4, 0.5) is 5.69 Å². The van der Waals surface area contributed by atoms with Crippen LogP contribution >= 0.6 is 0 Å². The maximum Gasteiger partial charge on any atom is 0.273 e. The monoisotopic (exact) mass is 369 g/mol. The molecule has 2 aromatic rings. The molecule has 0 saturated carbocycles. The fourth-order valence-corrected chi connectivity index (χ4v) is 3.14. The van der Waals surface area contributed by atoms with Gasteiger partial charge in [-0.15, -0.1) is 0 Å². The lowest BCUT2D eigenvalue weighted by Gasteiger charge is -2.22. The Kier molecular flexibility index (Phi) is 6.38. The molecule has 2 aromatic carbocycles. The molecule has 3 rings (SSSR count). The van der Waals surface area contributed by atoms with Crippen molar-refractivity contribution >= 4 is 11.6 Å². The summed E-state index contributed by atoms with van der Waals surface area (Å²) in [6.07, 6.45) is 0.912. The van der Waals surface area contributed by atoms with E-state index in [1.54, 1.807) is 12.1 Å². The third-order valence-corrected chi connectivity index (χ3v) is 4.58. The van der Waals surface area contributed by atoms with E-state index in [1.807, 2.05) is 23.1 Å². The van der Waals surface area contributed by atoms with Gasteiger partial charge in [0, 0.05) is 38.8 Å². The Morgan fingerprint density at radius 1 is 1.04 bits per heavy atom. The minimum absolute atomic E-state index is 0.0497. The molecule has 1 heterocycles. The lowest BCUT2D eigenvalue weighted by molar-refractivity contribution is -0.384. The molecule has 1 aliphatic rings. The predicted molar refractivity (Wildman–Crippen MR) is 102 cm³/mol. The van der Waals surface area contributed by atoms with Crippen molar-refractivity contribution in [2.24, 2.45) is 0 Å². The van der Waals surface area contributed by atoms with Crippen LogP contribution in [0.25, 0.3) is 0 Å². The topological polar surface area (TPSA) is 75.9 Å². The van der Waals surface area contributed by atoms with Crippen molar-refractivity contribution in [1.29, 1.82) is 0 Å². The lowest BCUT2D eigenvalue weighted by Crippen LogP contribution is -2.38. The van der Waals surface area contributed by atoms with Gasteiger partial charge in [0.2, 0.25) is 0 Å². The number of amides is 1. The Balaban J connectivity index is 1.49. The Morgan fingerprint density at radius 2 is 1.85 bits per heavy atom. The Morgan fingerprint density at radius 3 is 2.63 bits per heavy atom. The highest BCUT2D eigenvalue weighted by Gasteiger charge is 2.20. The van der Waals surface area contributed by atoms with Gasteiger partial charge in [-0.1, -0.05) is 36.4 Å². The van der Waals surface area contributed by atoms with Gasteiger partial charge in [0.1, 0.15) is 5.75 Å². The summed E-state index contributed by atoms with van der Waals surface area (Å²) in [7, 11) is 0. The molecule has 1 aliphatic heterocycles. The Labute approximate surface area is 158 Å². The third-order valence-electron chi connectivity index (χ3n) is 4.58. The van der Waals surface area contributed by atoms with Crippen molar-refractivity contribution in [2.45, 2.75) is 13.0 Å². The van der Waals surface area contributed by atoms with Gasteiger partial charge in [0.15, 0.2) is 6.61 Å². The van der Waals surface area contributed by atoms with E-state index in [9.17, 15) is 14.9 Å². The molecule has 0 aromatic heterocycles. The van der Waals surface area contributed by atoms with Gasteiger partial charge in [-0.2, -0.15) is 0 Å². The number of rotatable bonds is 6. The smallest absolute Gasteiger partial charge is 0.273 e. The van der Waals surface area contributed by atoms with Gasteiger partial charge in [-0.3, -0.25) is 19.8 Å². The average molecular weight is 369 g/mol. The van der Waals surface area contributed by atoms with Crippen molar-refractivity contribution in [1.82, 2.24) is 9.80 Å². The molecule has 27 heavy (non-hydrogen) atoms. The van der Waals surface area contributed by atoms with Crippen molar-refractivity contribution in [3.63, 3.8) is 0 Å². The zero-order valence-corrected chi connectivity index (χ0v) is 15.1. The summed E-state index contributed by atoms with van der Waals surface area (Å²) in [4.78, 5) is 26.9. The van der Waals surface area contributed by atoms with Gasteiger partial charge in [0.05, 0.1) is 11.0 Å². The number of nitro benzene ring substituents is 1. The number of nitrogens with zero attached hydrogens (tertiary/aromatic N) is 3. The zero-order chi connectivity index (χ0) is 19.1. The second-order valence-electron chi connectivity index (χ2n) is 6.54. The number of carbonyl (C=O) groups is 1. The first-order chi connectivity index (χ1) is 13.1. The normalized spacial score (nSPS) is 15.2. The minimum Gasteiger partial charge on any atom is -0.484 e. The highest BCUT2D eigenvalue weighted by atomic mass is 16.6. The standard InChI is InChI=1S/C20H23N3O4/c24-20(16-27-19-9-4-8-18(14-19)23(25)26)22-11-5-10-21(12-13-22)15-17-6-2-1-3-7-17/h1-4,6-9,14H,5,10-13,15-16H2. The first-order valence-corrected chi connectivity index (χ1v) is 9.03. The van der Waals surface area contributed by atoms with Gasteiger partial charge >= 0.3 is 0 Å². The Bertz CT molecular complexity index is 782. The Hall–Kier alpha value is -2.93. The van der Waals surface area contributed by atoms with Gasteiger partial charge < -0.3 is 9.64 Å². The number of ether oxygens (including phenoxy) is 1. The molecule has 0 spiro atoms. The van der Waals surface area contributed by atoms with Crippen LogP contribution in [0, 0.1) is 10.1 Å². The van der Waals surface area contributed by atoms with E-state index < -0.39 is 4.92 Å². The number of hydrogen-bond donors (Lipinski definition) is 0. The van der Waals surface area contributed by atoms with Gasteiger partial charge in [-0.05, 0) is 18.1 Å². The summed E-state index contributed by atoms with van der Waals surface area (Å²) in [6.45, 7) is 3.89. The molecular weight excluding hydrogens is 346 g/mol. The number of hydrogen-bond acceptors (Lipinski definition) is 5. The quantitative estimate of drug-likeness (QED) is 0.578. The first-order valence-electron chi connectivity index (χ1n) is 9.03. The molecule has 0 aliphatic carbocycles. The molecule has 1 amide bonds. The maximum absolute atomic E-state index is 12.5. The van der Waals surface area contributed by atoms with Crippen LogP contribution in [0.15, 0.2) is 54.6 Å². The van der Waals surface area contributed by atoms with Crippen LogP contribution in [-0.4, -0.2) is 53.4 Å². The molecule has 1 saturated heterocycles. The SMILES string of the molecule is O=C(COc1cccc([N+](=O)[O-])c1)N1CCCN(Cc2ccccc2)CC1. The van der Waals surface area contributed by atoms with Gasteiger partial charge in [0.25, 0.3) is 11.6 Å². The van der Waals surface area contributed by atoms with Crippen molar-refractivity contribution in [2.75, 3.05) is 32.8 Å². The molecular formula is C20H23N3O4. The molecule has 0 bridgehead atoms. The van der Waals surface area contributed by atoms with Crippen molar-refractivity contribution in [3.8, 4) is 5.75 Å². The van der Waals surface area contributed by atoms with Crippen LogP contribution in [0.5, 0.6) is 5.75 Å². The van der Waals surface area contributed by atoms with E-state index in [0.717, 1.165) is 26.1 Å². The summed E-state index contributed by atoms with van der Waals surface area (Å²) < 4.78 is 5.47. The third kappa shape index (κ3) is 5.52. The van der Waals surface area contributed by atoms with E-state index in [0.29, 0.717) is 18.8 Å². The first kappa shape index (κ1) is 18.8. The molecule has 7 heteroatoms. The van der Waals surface area contributed by atoms with Crippen molar-refractivity contribution < 1.29 is 14.5 Å².